The van der Waals surface area contributed by atoms with Gasteiger partial charge in [0.05, 0.1) is 11.1 Å². The van der Waals surface area contributed by atoms with Crippen molar-refractivity contribution in [2.75, 3.05) is 18.1 Å². The smallest absolute Gasteiger partial charge is 0.416 e. The molecule has 1 aliphatic rings. The summed E-state index contributed by atoms with van der Waals surface area (Å²) in [6.07, 6.45) is -1.26. The van der Waals surface area contributed by atoms with E-state index in [4.69, 9.17) is 4.74 Å². The maximum Gasteiger partial charge on any atom is 0.416 e. The maximum absolute atomic E-state index is 12.5. The van der Waals surface area contributed by atoms with Crippen LogP contribution in [0.4, 0.5) is 13.2 Å². The van der Waals surface area contributed by atoms with Gasteiger partial charge in [0, 0.05) is 24.6 Å². The summed E-state index contributed by atoms with van der Waals surface area (Å²) in [4.78, 5) is 16.3. The van der Waals surface area contributed by atoms with Gasteiger partial charge in [-0.05, 0) is 42.4 Å². The number of ether oxygens (including phenoxy) is 1. The number of nitrogens with zero attached hydrogens (tertiary/aromatic N) is 1. The van der Waals surface area contributed by atoms with Crippen LogP contribution in [0.15, 0.2) is 42.6 Å². The van der Waals surface area contributed by atoms with E-state index in [1.165, 1.54) is 18.3 Å². The predicted molar refractivity (Wildman–Crippen MR) is 98.1 cm³/mol. The summed E-state index contributed by atoms with van der Waals surface area (Å²) >= 11 is 1.85. The largest absolute Gasteiger partial charge is 0.473 e. The van der Waals surface area contributed by atoms with Crippen molar-refractivity contribution in [3.8, 4) is 5.88 Å². The SMILES string of the molecule is O=C(NCCc1ccc(C(F)(F)F)cc1)c1ccc(O[C@H]2CCSC2)nc1. The van der Waals surface area contributed by atoms with E-state index in [1.807, 2.05) is 11.8 Å². The molecule has 2 aromatic rings. The summed E-state index contributed by atoms with van der Waals surface area (Å²) in [7, 11) is 0. The number of carbonyl (C=O) groups is 1. The minimum atomic E-state index is -4.34. The Labute approximate surface area is 159 Å². The molecule has 27 heavy (non-hydrogen) atoms. The molecule has 0 radical (unpaired) electrons. The fourth-order valence-electron chi connectivity index (χ4n) is 2.64. The van der Waals surface area contributed by atoms with Gasteiger partial charge < -0.3 is 10.1 Å². The highest BCUT2D eigenvalue weighted by Gasteiger charge is 2.29. The molecule has 8 heteroatoms. The second-order valence-corrected chi connectivity index (χ2v) is 7.34. The first-order valence-corrected chi connectivity index (χ1v) is 9.72. The quantitative estimate of drug-likeness (QED) is 0.803. The molecule has 4 nitrogen and oxygen atoms in total. The molecule has 0 saturated carbocycles. The number of amides is 1. The normalized spacial score (nSPS) is 16.9. The molecule has 1 aliphatic heterocycles. The Balaban J connectivity index is 1.46. The van der Waals surface area contributed by atoms with Gasteiger partial charge in [0.2, 0.25) is 5.88 Å². The van der Waals surface area contributed by atoms with Gasteiger partial charge in [0.25, 0.3) is 5.91 Å². The highest BCUT2D eigenvalue weighted by molar-refractivity contribution is 7.99. The fourth-order valence-corrected chi connectivity index (χ4v) is 3.74. The van der Waals surface area contributed by atoms with Crippen molar-refractivity contribution >= 4 is 17.7 Å². The lowest BCUT2D eigenvalue weighted by molar-refractivity contribution is -0.137. The molecule has 0 bridgehead atoms. The van der Waals surface area contributed by atoms with Gasteiger partial charge in [-0.3, -0.25) is 4.79 Å². The Kier molecular flexibility index (Phi) is 6.26. The lowest BCUT2D eigenvalue weighted by atomic mass is 10.1. The standard InChI is InChI=1S/C19H19F3N2O2S/c20-19(21,22)15-4-1-13(2-5-15)7-9-23-18(25)14-3-6-17(24-11-14)26-16-8-10-27-12-16/h1-6,11,16H,7-10,12H2,(H,23,25)/t16-/m0/s1. The number of nitrogens with one attached hydrogen (secondary N) is 1. The molecule has 0 unspecified atom stereocenters. The molecule has 1 aromatic heterocycles. The third kappa shape index (κ3) is 5.63. The Morgan fingerprint density at radius 1 is 1.22 bits per heavy atom. The summed E-state index contributed by atoms with van der Waals surface area (Å²) in [5.74, 6) is 2.26. The van der Waals surface area contributed by atoms with Crippen LogP contribution in [0, 0.1) is 0 Å². The van der Waals surface area contributed by atoms with E-state index in [9.17, 15) is 18.0 Å². The van der Waals surface area contributed by atoms with E-state index in [0.29, 0.717) is 24.4 Å². The highest BCUT2D eigenvalue weighted by Crippen LogP contribution is 2.29. The maximum atomic E-state index is 12.5. The lowest BCUT2D eigenvalue weighted by Gasteiger charge is -2.11. The van der Waals surface area contributed by atoms with Crippen molar-refractivity contribution in [3.63, 3.8) is 0 Å². The molecular formula is C19H19F3N2O2S. The molecule has 1 amide bonds. The van der Waals surface area contributed by atoms with Crippen LogP contribution in [0.25, 0.3) is 0 Å². The molecule has 1 N–H and O–H groups in total. The van der Waals surface area contributed by atoms with Crippen LogP contribution in [0.3, 0.4) is 0 Å². The number of carbonyl (C=O) groups excluding carboxylic acids is 1. The van der Waals surface area contributed by atoms with Crippen LogP contribution in [-0.4, -0.2) is 35.0 Å². The second kappa shape index (κ2) is 8.65. The molecule has 2 heterocycles. The van der Waals surface area contributed by atoms with Crippen LogP contribution >= 0.6 is 11.8 Å². The van der Waals surface area contributed by atoms with E-state index in [2.05, 4.69) is 10.3 Å². The molecule has 144 valence electrons. The first-order valence-electron chi connectivity index (χ1n) is 8.56. The van der Waals surface area contributed by atoms with E-state index < -0.39 is 11.7 Å². The molecule has 1 fully saturated rings. The van der Waals surface area contributed by atoms with E-state index in [0.717, 1.165) is 35.6 Å². The minimum absolute atomic E-state index is 0.172. The number of alkyl halides is 3. The van der Waals surface area contributed by atoms with E-state index in [-0.39, 0.29) is 12.0 Å². The molecule has 1 saturated heterocycles. The monoisotopic (exact) mass is 396 g/mol. The zero-order valence-corrected chi connectivity index (χ0v) is 15.3. The van der Waals surface area contributed by atoms with Crippen molar-refractivity contribution in [2.24, 2.45) is 0 Å². The Hall–Kier alpha value is -2.22. The molecule has 1 atom stereocenters. The third-order valence-electron chi connectivity index (χ3n) is 4.15. The number of hydrogen-bond acceptors (Lipinski definition) is 4. The van der Waals surface area contributed by atoms with Crippen LogP contribution in [0.2, 0.25) is 0 Å². The molecule has 0 aliphatic carbocycles. The zero-order chi connectivity index (χ0) is 19.3. The first kappa shape index (κ1) is 19.5. The number of pyridine rings is 1. The topological polar surface area (TPSA) is 51.2 Å². The van der Waals surface area contributed by atoms with Gasteiger partial charge in [-0.15, -0.1) is 0 Å². The number of hydrogen-bond donors (Lipinski definition) is 1. The van der Waals surface area contributed by atoms with E-state index >= 15 is 0 Å². The van der Waals surface area contributed by atoms with Crippen LogP contribution in [0.5, 0.6) is 5.88 Å². The molecule has 0 spiro atoms. The van der Waals surface area contributed by atoms with Crippen molar-refractivity contribution in [2.45, 2.75) is 25.1 Å². The minimum Gasteiger partial charge on any atom is -0.473 e. The summed E-state index contributed by atoms with van der Waals surface area (Å²) < 4.78 is 43.3. The second-order valence-electron chi connectivity index (χ2n) is 6.19. The van der Waals surface area contributed by atoms with Gasteiger partial charge in [-0.25, -0.2) is 4.98 Å². The van der Waals surface area contributed by atoms with Crippen molar-refractivity contribution in [3.05, 3.63) is 59.3 Å². The highest BCUT2D eigenvalue weighted by atomic mass is 32.2. The van der Waals surface area contributed by atoms with Crippen molar-refractivity contribution < 1.29 is 22.7 Å². The fraction of sp³-hybridized carbons (Fsp3) is 0.368. The van der Waals surface area contributed by atoms with Crippen LogP contribution < -0.4 is 10.1 Å². The number of halogens is 3. The van der Waals surface area contributed by atoms with Gasteiger partial charge in [0.15, 0.2) is 0 Å². The predicted octanol–water partition coefficient (Wildman–Crippen LogP) is 3.96. The number of benzene rings is 1. The van der Waals surface area contributed by atoms with Crippen molar-refractivity contribution in [1.29, 1.82) is 0 Å². The van der Waals surface area contributed by atoms with Gasteiger partial charge in [-0.2, -0.15) is 24.9 Å². The average Bonchev–Trinajstić information content (AvgIpc) is 3.15. The summed E-state index contributed by atoms with van der Waals surface area (Å²) in [5.41, 5.74) is 0.454. The van der Waals surface area contributed by atoms with E-state index in [1.54, 1.807) is 12.1 Å². The van der Waals surface area contributed by atoms with Crippen LogP contribution in [-0.2, 0) is 12.6 Å². The average molecular weight is 396 g/mol. The summed E-state index contributed by atoms with van der Waals surface area (Å²) in [6.45, 7) is 0.321. The number of rotatable bonds is 6. The Morgan fingerprint density at radius 2 is 2.00 bits per heavy atom. The lowest BCUT2D eigenvalue weighted by Crippen LogP contribution is -2.26. The third-order valence-corrected chi connectivity index (χ3v) is 5.29. The van der Waals surface area contributed by atoms with Gasteiger partial charge in [-0.1, -0.05) is 12.1 Å². The number of thioether (sulfide) groups is 1. The van der Waals surface area contributed by atoms with Crippen LogP contribution in [0.1, 0.15) is 27.9 Å². The first-order chi connectivity index (χ1) is 12.9. The zero-order valence-electron chi connectivity index (χ0n) is 14.5. The summed E-state index contributed by atoms with van der Waals surface area (Å²) in [6, 6.07) is 8.25. The van der Waals surface area contributed by atoms with Crippen molar-refractivity contribution in [1.82, 2.24) is 10.3 Å². The molecule has 3 rings (SSSR count). The Morgan fingerprint density at radius 3 is 2.59 bits per heavy atom. The summed E-state index contributed by atoms with van der Waals surface area (Å²) in [5, 5.41) is 2.74. The number of aromatic nitrogens is 1. The van der Waals surface area contributed by atoms with Gasteiger partial charge in [0.1, 0.15) is 6.10 Å². The van der Waals surface area contributed by atoms with Gasteiger partial charge >= 0.3 is 6.18 Å². The molecular weight excluding hydrogens is 377 g/mol. The molecule has 1 aromatic carbocycles. The Bertz CT molecular complexity index is 758.